The maximum Gasteiger partial charge on any atom is 0.185 e. The molecule has 0 amide bonds. The first-order valence-corrected chi connectivity index (χ1v) is 10.4. The van der Waals surface area contributed by atoms with Crippen LogP contribution in [-0.2, 0) is 4.79 Å². The van der Waals surface area contributed by atoms with Crippen LogP contribution in [0.4, 0.5) is 0 Å². The first-order valence-electron chi connectivity index (χ1n) is 10.4. The van der Waals surface area contributed by atoms with Crippen molar-refractivity contribution in [2.45, 2.75) is 12.8 Å². The van der Waals surface area contributed by atoms with Crippen molar-refractivity contribution < 1.29 is 23.7 Å². The minimum atomic E-state index is 0.0573. The lowest BCUT2D eigenvalue weighted by atomic mass is 10.1. The molecule has 1 aliphatic carbocycles. The Bertz CT molecular complexity index is 978. The molecule has 0 unspecified atom stereocenters. The van der Waals surface area contributed by atoms with Gasteiger partial charge in [-0.15, -0.1) is 0 Å². The lowest BCUT2D eigenvalue weighted by molar-refractivity contribution is -0.111. The third-order valence-electron chi connectivity index (χ3n) is 5.02. The van der Waals surface area contributed by atoms with Gasteiger partial charge in [-0.3, -0.25) is 4.79 Å². The molecule has 0 spiro atoms. The highest BCUT2D eigenvalue weighted by Crippen LogP contribution is 2.34. The Morgan fingerprint density at radius 2 is 1.19 bits per heavy atom. The van der Waals surface area contributed by atoms with E-state index in [9.17, 15) is 4.79 Å². The van der Waals surface area contributed by atoms with Gasteiger partial charge in [-0.05, 0) is 60.4 Å². The smallest absolute Gasteiger partial charge is 0.185 e. The second kappa shape index (κ2) is 11.0. The van der Waals surface area contributed by atoms with Crippen LogP contribution in [0.1, 0.15) is 24.0 Å². The van der Waals surface area contributed by atoms with Gasteiger partial charge in [-0.25, -0.2) is 0 Å². The molecule has 0 aromatic heterocycles. The van der Waals surface area contributed by atoms with E-state index in [1.54, 1.807) is 26.4 Å². The Morgan fingerprint density at radius 3 is 1.56 bits per heavy atom. The van der Waals surface area contributed by atoms with Crippen LogP contribution in [0.2, 0.25) is 0 Å². The largest absolute Gasteiger partial charge is 0.493 e. The average Bonchev–Trinajstić information content (AvgIpc) is 3.15. The van der Waals surface area contributed by atoms with E-state index in [0.29, 0.717) is 49.1 Å². The number of carbonyl (C=O) groups excluding carboxylic acids is 1. The number of carbonyl (C=O) groups is 1. The number of ketones is 1. The van der Waals surface area contributed by atoms with Crippen LogP contribution in [0.5, 0.6) is 23.0 Å². The number of hydrogen-bond acceptors (Lipinski definition) is 5. The van der Waals surface area contributed by atoms with E-state index < -0.39 is 0 Å². The lowest BCUT2D eigenvalue weighted by Crippen LogP contribution is -1.98. The summed E-state index contributed by atoms with van der Waals surface area (Å²) < 4.78 is 22.0. The van der Waals surface area contributed by atoms with Crippen molar-refractivity contribution in [2.75, 3.05) is 27.4 Å². The zero-order valence-electron chi connectivity index (χ0n) is 18.6. The quantitative estimate of drug-likeness (QED) is 0.358. The van der Waals surface area contributed by atoms with Gasteiger partial charge in [0.1, 0.15) is 13.2 Å². The van der Waals surface area contributed by atoms with Crippen molar-refractivity contribution in [1.82, 2.24) is 0 Å². The fourth-order valence-electron chi connectivity index (χ4n) is 3.46. The summed E-state index contributed by atoms with van der Waals surface area (Å²) in [6.45, 7) is 8.10. The molecule has 0 heterocycles. The highest BCUT2D eigenvalue weighted by atomic mass is 16.5. The van der Waals surface area contributed by atoms with Crippen LogP contribution in [0.25, 0.3) is 12.2 Å². The zero-order valence-corrected chi connectivity index (χ0v) is 18.6. The summed E-state index contributed by atoms with van der Waals surface area (Å²) in [4.78, 5) is 13.0. The topological polar surface area (TPSA) is 54.0 Å². The van der Waals surface area contributed by atoms with Crippen LogP contribution in [0.3, 0.4) is 0 Å². The predicted octanol–water partition coefficient (Wildman–Crippen LogP) is 5.66. The standard InChI is InChI=1S/C27H28O5/c1-5-13-31-23-11-7-19(17-25(23)29-3)15-21-9-10-22(27(21)28)16-20-8-12-24(32-14-6-2)26(18-20)30-4/h5-8,11-12,15-18H,1-2,9-10,13-14H2,3-4H3. The minimum absolute atomic E-state index is 0.0573. The molecule has 5 nitrogen and oxygen atoms in total. The van der Waals surface area contributed by atoms with Gasteiger partial charge < -0.3 is 18.9 Å². The monoisotopic (exact) mass is 432 g/mol. The molecule has 0 aliphatic heterocycles. The summed E-state index contributed by atoms with van der Waals surface area (Å²) in [5, 5.41) is 0. The van der Waals surface area contributed by atoms with Gasteiger partial charge in [-0.2, -0.15) is 0 Å². The lowest BCUT2D eigenvalue weighted by Gasteiger charge is -2.10. The van der Waals surface area contributed by atoms with Gasteiger partial charge in [0, 0.05) is 11.1 Å². The summed E-state index contributed by atoms with van der Waals surface area (Å²) in [5.41, 5.74) is 3.33. The van der Waals surface area contributed by atoms with E-state index >= 15 is 0 Å². The van der Waals surface area contributed by atoms with E-state index in [2.05, 4.69) is 13.2 Å². The van der Waals surface area contributed by atoms with Crippen LogP contribution >= 0.6 is 0 Å². The molecule has 5 heteroatoms. The molecule has 2 aromatic carbocycles. The number of Topliss-reactive ketones (excluding diaryl/α,β-unsaturated/α-hetero) is 1. The van der Waals surface area contributed by atoms with Crippen LogP contribution in [0, 0.1) is 0 Å². The van der Waals surface area contributed by atoms with Crippen molar-refractivity contribution in [2.24, 2.45) is 0 Å². The second-order valence-corrected chi connectivity index (χ2v) is 7.19. The fraction of sp³-hybridized carbons (Fsp3) is 0.222. The second-order valence-electron chi connectivity index (χ2n) is 7.19. The van der Waals surface area contributed by atoms with Gasteiger partial charge in [0.25, 0.3) is 0 Å². The Hall–Kier alpha value is -3.73. The molecule has 0 radical (unpaired) electrons. The molecule has 32 heavy (non-hydrogen) atoms. The van der Waals surface area contributed by atoms with E-state index in [1.807, 2.05) is 48.6 Å². The Balaban J connectivity index is 1.79. The first-order chi connectivity index (χ1) is 15.6. The maximum atomic E-state index is 13.0. The molecule has 0 saturated heterocycles. The molecule has 166 valence electrons. The molecule has 1 fully saturated rings. The number of allylic oxidation sites excluding steroid dienone is 2. The van der Waals surface area contributed by atoms with Crippen molar-refractivity contribution >= 4 is 17.9 Å². The molecule has 1 saturated carbocycles. The number of rotatable bonds is 10. The number of benzene rings is 2. The van der Waals surface area contributed by atoms with E-state index in [-0.39, 0.29) is 5.78 Å². The number of ether oxygens (including phenoxy) is 4. The molecule has 2 aromatic rings. The molecular formula is C27H28O5. The van der Waals surface area contributed by atoms with E-state index in [4.69, 9.17) is 18.9 Å². The summed E-state index contributed by atoms with van der Waals surface area (Å²) in [6, 6.07) is 11.2. The first kappa shape index (κ1) is 22.9. The molecule has 0 N–H and O–H groups in total. The highest BCUT2D eigenvalue weighted by Gasteiger charge is 2.23. The fourth-order valence-corrected chi connectivity index (χ4v) is 3.46. The van der Waals surface area contributed by atoms with Crippen molar-refractivity contribution in [3.8, 4) is 23.0 Å². The SMILES string of the molecule is C=CCOc1ccc(C=C2CCC(=Cc3ccc(OCC=C)c(OC)c3)C2=O)cc1OC. The number of methoxy groups -OCH3 is 2. The van der Waals surface area contributed by atoms with Crippen molar-refractivity contribution in [1.29, 1.82) is 0 Å². The summed E-state index contributed by atoms with van der Waals surface area (Å²) >= 11 is 0. The van der Waals surface area contributed by atoms with E-state index in [1.165, 1.54) is 0 Å². The van der Waals surface area contributed by atoms with Gasteiger partial charge in [0.2, 0.25) is 0 Å². The normalized spacial score (nSPS) is 15.6. The molecule has 0 atom stereocenters. The molecular weight excluding hydrogens is 404 g/mol. The Morgan fingerprint density at radius 1 is 0.750 bits per heavy atom. The van der Waals surface area contributed by atoms with Gasteiger partial charge in [0.15, 0.2) is 28.8 Å². The third kappa shape index (κ3) is 5.49. The Kier molecular flexibility index (Phi) is 7.92. The number of hydrogen-bond donors (Lipinski definition) is 0. The summed E-state index contributed by atoms with van der Waals surface area (Å²) in [7, 11) is 3.19. The highest BCUT2D eigenvalue weighted by molar-refractivity contribution is 6.15. The van der Waals surface area contributed by atoms with Gasteiger partial charge >= 0.3 is 0 Å². The van der Waals surface area contributed by atoms with Crippen molar-refractivity contribution in [3.63, 3.8) is 0 Å². The minimum Gasteiger partial charge on any atom is -0.493 e. The van der Waals surface area contributed by atoms with Crippen LogP contribution in [-0.4, -0.2) is 33.2 Å². The van der Waals surface area contributed by atoms with Crippen molar-refractivity contribution in [3.05, 3.63) is 84.0 Å². The van der Waals surface area contributed by atoms with Crippen LogP contribution < -0.4 is 18.9 Å². The van der Waals surface area contributed by atoms with Gasteiger partial charge in [-0.1, -0.05) is 37.4 Å². The summed E-state index contributed by atoms with van der Waals surface area (Å²) in [6.07, 6.45) is 8.57. The van der Waals surface area contributed by atoms with Gasteiger partial charge in [0.05, 0.1) is 14.2 Å². The average molecular weight is 433 g/mol. The zero-order chi connectivity index (χ0) is 22.9. The third-order valence-corrected chi connectivity index (χ3v) is 5.02. The van der Waals surface area contributed by atoms with E-state index in [0.717, 1.165) is 22.3 Å². The maximum absolute atomic E-state index is 13.0. The Labute approximate surface area is 189 Å². The summed E-state index contributed by atoms with van der Waals surface area (Å²) in [5.74, 6) is 2.58. The molecule has 3 rings (SSSR count). The molecule has 0 bridgehead atoms. The molecule has 1 aliphatic rings. The van der Waals surface area contributed by atoms with Crippen LogP contribution in [0.15, 0.2) is 72.9 Å². The predicted molar refractivity (Wildman–Crippen MR) is 128 cm³/mol.